The highest BCUT2D eigenvalue weighted by atomic mass is 32.2. The Morgan fingerprint density at radius 2 is 1.79 bits per heavy atom. The van der Waals surface area contributed by atoms with E-state index in [-0.39, 0.29) is 18.0 Å². The number of aliphatic hydroxyl groups excluding tert-OH is 1. The summed E-state index contributed by atoms with van der Waals surface area (Å²) in [4.78, 5) is 0. The highest BCUT2D eigenvalue weighted by Crippen LogP contribution is 2.23. The molecule has 0 saturated carbocycles. The molecule has 2 fully saturated rings. The first-order valence-corrected chi connectivity index (χ1v) is 8.57. The third-order valence-electron chi connectivity index (χ3n) is 3.91. The molecule has 0 amide bonds. The topological polar surface area (TPSA) is 78.9 Å². The number of aliphatic hydroxyl groups is 1. The van der Waals surface area contributed by atoms with Gasteiger partial charge in [-0.05, 0) is 38.8 Å². The fourth-order valence-electron chi connectivity index (χ4n) is 2.78. The lowest BCUT2D eigenvalue weighted by atomic mass is 10.1. The van der Waals surface area contributed by atoms with Gasteiger partial charge in [-0.1, -0.05) is 0 Å². The van der Waals surface area contributed by atoms with Crippen LogP contribution in [-0.2, 0) is 14.8 Å². The molecule has 0 radical (unpaired) electrons. The summed E-state index contributed by atoms with van der Waals surface area (Å²) in [5.41, 5.74) is 0. The zero-order valence-electron chi connectivity index (χ0n) is 11.3. The average Bonchev–Trinajstić information content (AvgIpc) is 2.46. The van der Waals surface area contributed by atoms with Crippen molar-refractivity contribution in [2.24, 2.45) is 0 Å². The number of rotatable bonds is 5. The molecule has 0 unspecified atom stereocenters. The van der Waals surface area contributed by atoms with Gasteiger partial charge >= 0.3 is 0 Å². The molecule has 2 N–H and O–H groups in total. The van der Waals surface area contributed by atoms with Crippen LogP contribution in [0.2, 0.25) is 0 Å². The minimum Gasteiger partial charge on any atom is -0.394 e. The van der Waals surface area contributed by atoms with Gasteiger partial charge in [-0.3, -0.25) is 0 Å². The van der Waals surface area contributed by atoms with E-state index in [0.717, 1.165) is 25.9 Å². The Kier molecular flexibility index (Phi) is 5.58. The van der Waals surface area contributed by atoms with Crippen LogP contribution >= 0.6 is 0 Å². The van der Waals surface area contributed by atoms with Crippen LogP contribution in [0.25, 0.3) is 0 Å². The third kappa shape index (κ3) is 3.88. The van der Waals surface area contributed by atoms with Crippen molar-refractivity contribution < 1.29 is 18.3 Å². The number of hydrogen-bond acceptors (Lipinski definition) is 5. The Balaban J connectivity index is 1.85. The quantitative estimate of drug-likeness (QED) is 0.717. The zero-order chi connectivity index (χ0) is 13.7. The molecule has 0 atom stereocenters. The van der Waals surface area contributed by atoms with E-state index in [4.69, 9.17) is 9.84 Å². The van der Waals surface area contributed by atoms with Gasteiger partial charge in [0.1, 0.15) is 0 Å². The van der Waals surface area contributed by atoms with Gasteiger partial charge in [0.05, 0.1) is 24.6 Å². The minimum atomic E-state index is -3.14. The van der Waals surface area contributed by atoms with Crippen molar-refractivity contribution in [2.45, 2.75) is 37.0 Å². The molecule has 0 aromatic heterocycles. The lowest BCUT2D eigenvalue weighted by Crippen LogP contribution is -2.47. The SMILES string of the molecule is O=S(=O)(C1CCNCC1)N1CCC(OCCO)CC1. The second-order valence-electron chi connectivity index (χ2n) is 5.19. The number of nitrogens with zero attached hydrogens (tertiary/aromatic N) is 1. The molecule has 19 heavy (non-hydrogen) atoms. The van der Waals surface area contributed by atoms with Crippen molar-refractivity contribution in [1.29, 1.82) is 0 Å². The maximum atomic E-state index is 12.5. The summed E-state index contributed by atoms with van der Waals surface area (Å²) < 4.78 is 32.0. The molecule has 2 aliphatic heterocycles. The summed E-state index contributed by atoms with van der Waals surface area (Å²) in [6.07, 6.45) is 2.97. The Bertz CT molecular complexity index is 360. The van der Waals surface area contributed by atoms with Gasteiger partial charge in [0.15, 0.2) is 0 Å². The maximum Gasteiger partial charge on any atom is 0.217 e. The van der Waals surface area contributed by atoms with E-state index in [1.807, 2.05) is 0 Å². The van der Waals surface area contributed by atoms with Gasteiger partial charge in [0.2, 0.25) is 10.0 Å². The second-order valence-corrected chi connectivity index (χ2v) is 7.40. The molecule has 2 heterocycles. The minimum absolute atomic E-state index is 0.0214. The normalized spacial score (nSPS) is 24.7. The number of hydrogen-bond donors (Lipinski definition) is 2. The van der Waals surface area contributed by atoms with E-state index >= 15 is 0 Å². The highest BCUT2D eigenvalue weighted by Gasteiger charge is 2.35. The monoisotopic (exact) mass is 292 g/mol. The van der Waals surface area contributed by atoms with Gasteiger partial charge in [0, 0.05) is 13.1 Å². The lowest BCUT2D eigenvalue weighted by molar-refractivity contribution is 0.00305. The summed E-state index contributed by atoms with van der Waals surface area (Å²) in [5.74, 6) is 0. The fraction of sp³-hybridized carbons (Fsp3) is 1.00. The molecule has 2 aliphatic rings. The van der Waals surface area contributed by atoms with Crippen molar-refractivity contribution in [3.8, 4) is 0 Å². The first-order chi connectivity index (χ1) is 9.14. The van der Waals surface area contributed by atoms with Gasteiger partial charge in [-0.2, -0.15) is 0 Å². The van der Waals surface area contributed by atoms with Gasteiger partial charge in [-0.15, -0.1) is 0 Å². The van der Waals surface area contributed by atoms with Crippen LogP contribution in [0.4, 0.5) is 0 Å². The maximum absolute atomic E-state index is 12.5. The van der Waals surface area contributed by atoms with Crippen molar-refractivity contribution in [3.05, 3.63) is 0 Å². The van der Waals surface area contributed by atoms with Crippen LogP contribution in [0.1, 0.15) is 25.7 Å². The molecule has 0 aliphatic carbocycles. The lowest BCUT2D eigenvalue weighted by Gasteiger charge is -2.34. The molecular formula is C12H24N2O4S. The van der Waals surface area contributed by atoms with Gasteiger partial charge in [0.25, 0.3) is 0 Å². The summed E-state index contributed by atoms with van der Waals surface area (Å²) in [5, 5.41) is 11.7. The largest absolute Gasteiger partial charge is 0.394 e. The van der Waals surface area contributed by atoms with Crippen molar-refractivity contribution in [2.75, 3.05) is 39.4 Å². The van der Waals surface area contributed by atoms with E-state index < -0.39 is 10.0 Å². The molecule has 0 bridgehead atoms. The van der Waals surface area contributed by atoms with E-state index in [9.17, 15) is 8.42 Å². The molecule has 0 aromatic rings. The number of sulfonamides is 1. The van der Waals surface area contributed by atoms with Crippen LogP contribution in [0.15, 0.2) is 0 Å². The molecule has 0 aromatic carbocycles. The summed E-state index contributed by atoms with van der Waals surface area (Å²) in [7, 11) is -3.14. The van der Waals surface area contributed by atoms with Crippen molar-refractivity contribution >= 4 is 10.0 Å². The van der Waals surface area contributed by atoms with E-state index in [0.29, 0.717) is 32.5 Å². The summed E-state index contributed by atoms with van der Waals surface area (Å²) in [6.45, 7) is 3.03. The smallest absolute Gasteiger partial charge is 0.217 e. The van der Waals surface area contributed by atoms with Crippen molar-refractivity contribution in [3.63, 3.8) is 0 Å². The standard InChI is InChI=1S/C12H24N2O4S/c15-9-10-18-11-3-7-14(8-4-11)19(16,17)12-1-5-13-6-2-12/h11-13,15H,1-10H2. The van der Waals surface area contributed by atoms with Crippen LogP contribution in [-0.4, -0.2) is 68.6 Å². The van der Waals surface area contributed by atoms with Gasteiger partial charge < -0.3 is 15.2 Å². The van der Waals surface area contributed by atoms with Crippen LogP contribution in [0.3, 0.4) is 0 Å². The molecular weight excluding hydrogens is 268 g/mol. The van der Waals surface area contributed by atoms with Gasteiger partial charge in [-0.25, -0.2) is 12.7 Å². The van der Waals surface area contributed by atoms with E-state index in [1.54, 1.807) is 4.31 Å². The predicted molar refractivity (Wildman–Crippen MR) is 72.4 cm³/mol. The third-order valence-corrected chi connectivity index (χ3v) is 6.31. The second kappa shape index (κ2) is 6.99. The zero-order valence-corrected chi connectivity index (χ0v) is 12.1. The molecule has 6 nitrogen and oxygen atoms in total. The number of ether oxygens (including phenoxy) is 1. The van der Waals surface area contributed by atoms with Crippen LogP contribution in [0.5, 0.6) is 0 Å². The predicted octanol–water partition coefficient (Wildman–Crippen LogP) is -0.458. The van der Waals surface area contributed by atoms with Crippen LogP contribution < -0.4 is 5.32 Å². The average molecular weight is 292 g/mol. The van der Waals surface area contributed by atoms with Crippen LogP contribution in [0, 0.1) is 0 Å². The molecule has 0 spiro atoms. The Morgan fingerprint density at radius 1 is 1.16 bits per heavy atom. The molecule has 2 rings (SSSR count). The summed E-state index contributed by atoms with van der Waals surface area (Å²) >= 11 is 0. The first-order valence-electron chi connectivity index (χ1n) is 7.06. The Hall–Kier alpha value is -0.210. The highest BCUT2D eigenvalue weighted by molar-refractivity contribution is 7.89. The Labute approximate surface area is 115 Å². The first kappa shape index (κ1) is 15.2. The molecule has 112 valence electrons. The molecule has 2 saturated heterocycles. The summed E-state index contributed by atoms with van der Waals surface area (Å²) in [6, 6.07) is 0. The number of nitrogens with one attached hydrogen (secondary N) is 1. The fourth-order valence-corrected chi connectivity index (χ4v) is 4.75. The molecule has 7 heteroatoms. The van der Waals surface area contributed by atoms with E-state index in [1.165, 1.54) is 0 Å². The Morgan fingerprint density at radius 3 is 2.37 bits per heavy atom. The number of piperidine rings is 2. The van der Waals surface area contributed by atoms with E-state index in [2.05, 4.69) is 5.32 Å². The van der Waals surface area contributed by atoms with Crippen molar-refractivity contribution in [1.82, 2.24) is 9.62 Å².